The van der Waals surface area contributed by atoms with E-state index >= 15 is 0 Å². The Morgan fingerprint density at radius 1 is 0.913 bits per heavy atom. The van der Waals surface area contributed by atoms with Gasteiger partial charge in [-0.3, -0.25) is 0 Å². The van der Waals surface area contributed by atoms with Crippen molar-refractivity contribution in [1.29, 1.82) is 0 Å². The smallest absolute Gasteiger partial charge is 0.547 e. The summed E-state index contributed by atoms with van der Waals surface area (Å²) in [6.07, 6.45) is 11.2. The molecule has 0 aromatic rings. The van der Waals surface area contributed by atoms with Gasteiger partial charge in [0, 0.05) is 0 Å². The Kier molecular flexibility index (Phi) is 26.3. The van der Waals surface area contributed by atoms with E-state index in [1.165, 1.54) is 44.9 Å². The average Bonchev–Trinajstić information content (AvgIpc) is 2.49. The first-order valence-electron chi connectivity index (χ1n) is 8.17. The number of unbranched alkanes of at least 4 members (excludes halogenated alkanes) is 9. The van der Waals surface area contributed by atoms with E-state index in [-0.39, 0.29) is 29.6 Å². The van der Waals surface area contributed by atoms with E-state index in [1.54, 1.807) is 0 Å². The summed E-state index contributed by atoms with van der Waals surface area (Å²) in [6.45, 7) is 1.45. The van der Waals surface area contributed by atoms with Crippen LogP contribution in [-0.2, 0) is 9.59 Å². The largest absolute Gasteiger partial charge is 1.00 e. The molecule has 0 saturated carbocycles. The number of aliphatic hydroxyl groups excluding tert-OH is 2. The molecule has 0 fully saturated rings. The van der Waals surface area contributed by atoms with Crippen molar-refractivity contribution in [3.8, 4) is 0 Å². The molecular formula is C16H31NaO6. The third-order valence-corrected chi connectivity index (χ3v) is 3.24. The van der Waals surface area contributed by atoms with E-state index in [9.17, 15) is 9.90 Å². The fraction of sp³-hybridized carbons (Fsp3) is 0.875. The predicted molar refractivity (Wildman–Crippen MR) is 82.2 cm³/mol. The fourth-order valence-corrected chi connectivity index (χ4v) is 1.94. The summed E-state index contributed by atoms with van der Waals surface area (Å²) in [7, 11) is 0. The van der Waals surface area contributed by atoms with Crippen LogP contribution in [0.4, 0.5) is 0 Å². The summed E-state index contributed by atoms with van der Waals surface area (Å²) in [5.41, 5.74) is 0. The third kappa shape index (κ3) is 27.0. The van der Waals surface area contributed by atoms with Gasteiger partial charge < -0.3 is 25.2 Å². The van der Waals surface area contributed by atoms with Crippen LogP contribution in [0.2, 0.25) is 0 Å². The number of carbonyl (C=O) groups is 2. The van der Waals surface area contributed by atoms with E-state index in [4.69, 9.17) is 20.1 Å². The molecule has 0 bridgehead atoms. The van der Waals surface area contributed by atoms with Gasteiger partial charge in [-0.1, -0.05) is 71.1 Å². The molecule has 7 heteroatoms. The fourth-order valence-electron chi connectivity index (χ4n) is 1.94. The second-order valence-electron chi connectivity index (χ2n) is 5.36. The van der Waals surface area contributed by atoms with E-state index in [0.29, 0.717) is 6.42 Å². The van der Waals surface area contributed by atoms with Gasteiger partial charge in [-0.25, -0.2) is 4.79 Å². The first-order chi connectivity index (χ1) is 10.5. The first-order valence-corrected chi connectivity index (χ1v) is 8.17. The van der Waals surface area contributed by atoms with Gasteiger partial charge in [-0.05, 0) is 6.42 Å². The van der Waals surface area contributed by atoms with Crippen molar-refractivity contribution in [3.05, 3.63) is 0 Å². The van der Waals surface area contributed by atoms with Gasteiger partial charge >= 0.3 is 35.5 Å². The minimum Gasteiger partial charge on any atom is -0.547 e. The Labute approximate surface area is 161 Å². The molecule has 0 aliphatic rings. The van der Waals surface area contributed by atoms with Crippen LogP contribution in [0.25, 0.3) is 0 Å². The number of rotatable bonds is 13. The van der Waals surface area contributed by atoms with Crippen LogP contribution in [0.5, 0.6) is 0 Å². The van der Waals surface area contributed by atoms with Crippen molar-refractivity contribution < 1.29 is 59.6 Å². The molecule has 0 aromatic heterocycles. The normalized spacial score (nSPS) is 10.9. The van der Waals surface area contributed by atoms with Crippen LogP contribution in [-0.4, -0.2) is 40.0 Å². The molecule has 6 nitrogen and oxygen atoms in total. The number of carboxylic acids is 2. The van der Waals surface area contributed by atoms with E-state index < -0.39 is 24.6 Å². The van der Waals surface area contributed by atoms with Crippen LogP contribution < -0.4 is 34.7 Å². The third-order valence-electron chi connectivity index (χ3n) is 3.24. The van der Waals surface area contributed by atoms with Crippen molar-refractivity contribution in [3.63, 3.8) is 0 Å². The quantitative estimate of drug-likeness (QED) is 0.276. The summed E-state index contributed by atoms with van der Waals surface area (Å²) in [5, 5.41) is 34.2. The minimum absolute atomic E-state index is 0. The summed E-state index contributed by atoms with van der Waals surface area (Å²) in [6, 6.07) is 0. The van der Waals surface area contributed by atoms with Crippen LogP contribution in [0, 0.1) is 0 Å². The number of aliphatic hydroxyl groups is 2. The Balaban J connectivity index is -0.000000578. The first kappa shape index (κ1) is 27.7. The zero-order chi connectivity index (χ0) is 17.2. The molecule has 0 heterocycles. The molecule has 132 valence electrons. The molecule has 0 aromatic carbocycles. The van der Waals surface area contributed by atoms with Gasteiger partial charge in [0.2, 0.25) is 0 Å². The summed E-state index contributed by atoms with van der Waals surface area (Å²) < 4.78 is 0. The molecular weight excluding hydrogens is 311 g/mol. The molecule has 0 radical (unpaired) electrons. The Bertz CT molecular complexity index is 273. The van der Waals surface area contributed by atoms with E-state index in [2.05, 4.69) is 6.92 Å². The molecule has 0 aliphatic carbocycles. The van der Waals surface area contributed by atoms with Gasteiger partial charge in [-0.2, -0.15) is 0 Å². The second-order valence-corrected chi connectivity index (χ2v) is 5.36. The zero-order valence-electron chi connectivity index (χ0n) is 14.6. The number of hydrogen-bond donors (Lipinski definition) is 3. The molecule has 0 aliphatic heterocycles. The van der Waals surface area contributed by atoms with Crippen LogP contribution in [0.3, 0.4) is 0 Å². The molecule has 1 unspecified atom stereocenters. The SMILES string of the molecule is CCCCCCCCCCCCC(O)C(=O)[O-].O=C(O)CO.[Na+]. The monoisotopic (exact) mass is 342 g/mol. The molecule has 0 rings (SSSR count). The van der Waals surface area contributed by atoms with Crippen molar-refractivity contribution in [2.24, 2.45) is 0 Å². The maximum Gasteiger partial charge on any atom is 1.00 e. The van der Waals surface area contributed by atoms with Gasteiger partial charge in [0.25, 0.3) is 0 Å². The summed E-state index contributed by atoms with van der Waals surface area (Å²) >= 11 is 0. The van der Waals surface area contributed by atoms with Crippen LogP contribution >= 0.6 is 0 Å². The van der Waals surface area contributed by atoms with Gasteiger partial charge in [-0.15, -0.1) is 0 Å². The molecule has 3 N–H and O–H groups in total. The number of carboxylic acid groups (broad SMARTS) is 2. The second kappa shape index (κ2) is 21.9. The number of aliphatic carboxylic acids is 2. The van der Waals surface area contributed by atoms with Crippen molar-refractivity contribution in [1.82, 2.24) is 0 Å². The van der Waals surface area contributed by atoms with Gasteiger partial charge in [0.15, 0.2) is 0 Å². The van der Waals surface area contributed by atoms with Gasteiger partial charge in [0.1, 0.15) is 6.61 Å². The number of hydrogen-bond acceptors (Lipinski definition) is 5. The predicted octanol–water partition coefficient (Wildman–Crippen LogP) is -1.52. The van der Waals surface area contributed by atoms with Crippen LogP contribution in [0.1, 0.15) is 77.6 Å². The summed E-state index contributed by atoms with van der Waals surface area (Å²) in [4.78, 5) is 19.3. The number of carbonyl (C=O) groups excluding carboxylic acids is 1. The average molecular weight is 342 g/mol. The molecule has 23 heavy (non-hydrogen) atoms. The van der Waals surface area contributed by atoms with E-state index in [1.807, 2.05) is 0 Å². The maximum atomic E-state index is 10.2. The van der Waals surface area contributed by atoms with Crippen LogP contribution in [0.15, 0.2) is 0 Å². The van der Waals surface area contributed by atoms with Gasteiger partial charge in [0.05, 0.1) is 12.1 Å². The molecule has 0 amide bonds. The Hall–Kier alpha value is -0.140. The van der Waals surface area contributed by atoms with E-state index in [0.717, 1.165) is 19.3 Å². The zero-order valence-corrected chi connectivity index (χ0v) is 16.6. The molecule has 1 atom stereocenters. The maximum absolute atomic E-state index is 10.2. The van der Waals surface area contributed by atoms with Crippen molar-refractivity contribution in [2.75, 3.05) is 6.61 Å². The molecule has 0 saturated heterocycles. The Morgan fingerprint density at radius 3 is 1.57 bits per heavy atom. The van der Waals surface area contributed by atoms with Crippen molar-refractivity contribution in [2.45, 2.75) is 83.7 Å². The topological polar surface area (TPSA) is 118 Å². The minimum atomic E-state index is -1.35. The standard InChI is InChI=1S/C14H28O3.C2H4O3.Na/c1-2-3-4-5-6-7-8-9-10-11-12-13(15)14(16)17;3-1-2(4)5;/h13,15H,2-12H2,1H3,(H,16,17);3H,1H2,(H,4,5);/q;;+1/p-1. The van der Waals surface area contributed by atoms with Crippen molar-refractivity contribution >= 4 is 11.9 Å². The summed E-state index contributed by atoms with van der Waals surface area (Å²) in [5.74, 6) is -2.54. The Morgan fingerprint density at radius 2 is 1.26 bits per heavy atom. The molecule has 0 spiro atoms.